The maximum atomic E-state index is 12.4. The number of hydrogen-bond acceptors (Lipinski definition) is 5. The summed E-state index contributed by atoms with van der Waals surface area (Å²) in [4.78, 5) is 16.9. The third-order valence-electron chi connectivity index (χ3n) is 4.55. The first-order valence-corrected chi connectivity index (χ1v) is 11.9. The number of carboxylic acids is 1. The van der Waals surface area contributed by atoms with Crippen LogP contribution in [0.15, 0.2) is 51.4 Å². The van der Waals surface area contributed by atoms with E-state index in [9.17, 15) is 18.3 Å². The second kappa shape index (κ2) is 7.36. The van der Waals surface area contributed by atoms with Crippen molar-refractivity contribution in [3.63, 3.8) is 0 Å². The Morgan fingerprint density at radius 3 is 2.69 bits per heavy atom. The van der Waals surface area contributed by atoms with Crippen LogP contribution < -0.4 is 0 Å². The normalized spacial score (nSPS) is 15.8. The van der Waals surface area contributed by atoms with Crippen LogP contribution in [0.3, 0.4) is 0 Å². The van der Waals surface area contributed by atoms with E-state index in [4.69, 9.17) is 23.2 Å². The van der Waals surface area contributed by atoms with Gasteiger partial charge in [-0.3, -0.25) is 4.79 Å². The van der Waals surface area contributed by atoms with Gasteiger partial charge in [0.1, 0.15) is 0 Å². The topological polar surface area (TPSA) is 89.3 Å². The van der Waals surface area contributed by atoms with Gasteiger partial charge in [-0.15, -0.1) is 0 Å². The van der Waals surface area contributed by atoms with Crippen molar-refractivity contribution >= 4 is 67.9 Å². The SMILES string of the molecule is CS(=O)(=O)c1nccc2c1c(Sc1ccc(Cl)c(Cl)c1)c1n2C=CC1CC(=O)O. The summed E-state index contributed by atoms with van der Waals surface area (Å²) in [5.41, 5.74) is 1.37. The Kier molecular flexibility index (Phi) is 5.14. The Morgan fingerprint density at radius 2 is 2.03 bits per heavy atom. The largest absolute Gasteiger partial charge is 0.481 e. The van der Waals surface area contributed by atoms with Crippen molar-refractivity contribution in [2.75, 3.05) is 6.26 Å². The molecule has 0 bridgehead atoms. The van der Waals surface area contributed by atoms with Crippen molar-refractivity contribution in [1.82, 2.24) is 9.55 Å². The number of rotatable bonds is 5. The van der Waals surface area contributed by atoms with Crippen molar-refractivity contribution in [3.05, 3.63) is 52.3 Å². The zero-order valence-corrected chi connectivity index (χ0v) is 18.1. The Balaban J connectivity index is 2.00. The Bertz CT molecular complexity index is 1300. The second-order valence-corrected chi connectivity index (χ2v) is 10.4. The van der Waals surface area contributed by atoms with Gasteiger partial charge < -0.3 is 9.67 Å². The summed E-state index contributed by atoms with van der Waals surface area (Å²) in [6.45, 7) is 0. The van der Waals surface area contributed by atoms with Crippen LogP contribution in [0.1, 0.15) is 18.0 Å². The monoisotopic (exact) mass is 468 g/mol. The number of fused-ring (bicyclic) bond motifs is 3. The number of allylic oxidation sites excluding steroid dienone is 1. The van der Waals surface area contributed by atoms with Gasteiger partial charge in [0, 0.05) is 40.1 Å². The molecule has 1 unspecified atom stereocenters. The number of sulfone groups is 1. The quantitative estimate of drug-likeness (QED) is 0.570. The maximum Gasteiger partial charge on any atom is 0.304 e. The molecule has 0 aliphatic carbocycles. The number of carbonyl (C=O) groups is 1. The van der Waals surface area contributed by atoms with Crippen LogP contribution in [0, 0.1) is 0 Å². The number of aliphatic carboxylic acids is 1. The predicted molar refractivity (Wildman–Crippen MR) is 114 cm³/mol. The molecule has 1 aliphatic heterocycles. The van der Waals surface area contributed by atoms with Gasteiger partial charge in [0.25, 0.3) is 0 Å². The number of aromatic nitrogens is 2. The molecule has 1 aromatic carbocycles. The molecule has 0 saturated heterocycles. The van der Waals surface area contributed by atoms with E-state index >= 15 is 0 Å². The molecule has 150 valence electrons. The predicted octanol–water partition coefficient (Wildman–Crippen LogP) is 4.94. The van der Waals surface area contributed by atoms with E-state index in [1.54, 1.807) is 30.5 Å². The number of halogens is 2. The van der Waals surface area contributed by atoms with Crippen molar-refractivity contribution < 1.29 is 18.3 Å². The fraction of sp³-hybridized carbons (Fsp3) is 0.158. The third-order valence-corrected chi connectivity index (χ3v) is 7.41. The fourth-order valence-electron chi connectivity index (χ4n) is 3.40. The molecule has 1 N–H and O–H groups in total. The lowest BCUT2D eigenvalue weighted by Crippen LogP contribution is -2.04. The number of carboxylic acid groups (broad SMARTS) is 1. The zero-order chi connectivity index (χ0) is 20.9. The smallest absolute Gasteiger partial charge is 0.304 e. The average Bonchev–Trinajstić information content (AvgIpc) is 3.17. The summed E-state index contributed by atoms with van der Waals surface area (Å²) in [6, 6.07) is 6.85. The minimum atomic E-state index is -3.61. The zero-order valence-electron chi connectivity index (χ0n) is 15.0. The molecule has 29 heavy (non-hydrogen) atoms. The molecule has 3 aromatic rings. The van der Waals surface area contributed by atoms with Crippen molar-refractivity contribution in [3.8, 4) is 0 Å². The molecular weight excluding hydrogens is 455 g/mol. The second-order valence-electron chi connectivity index (χ2n) is 6.59. The van der Waals surface area contributed by atoms with Crippen LogP contribution in [0.25, 0.3) is 17.1 Å². The molecule has 2 aromatic heterocycles. The molecule has 1 aliphatic rings. The molecule has 0 spiro atoms. The van der Waals surface area contributed by atoms with E-state index in [2.05, 4.69) is 4.98 Å². The number of pyridine rings is 1. The van der Waals surface area contributed by atoms with Crippen LogP contribution >= 0.6 is 35.0 Å². The van der Waals surface area contributed by atoms with E-state index in [-0.39, 0.29) is 11.4 Å². The Morgan fingerprint density at radius 1 is 1.28 bits per heavy atom. The number of benzene rings is 1. The lowest BCUT2D eigenvalue weighted by molar-refractivity contribution is -0.137. The molecule has 4 rings (SSSR count). The van der Waals surface area contributed by atoms with Crippen LogP contribution in [0.4, 0.5) is 0 Å². The first kappa shape index (κ1) is 20.3. The fourth-order valence-corrected chi connectivity index (χ4v) is 5.86. The van der Waals surface area contributed by atoms with E-state index in [1.807, 2.05) is 10.6 Å². The summed E-state index contributed by atoms with van der Waals surface area (Å²) < 4.78 is 26.6. The van der Waals surface area contributed by atoms with Crippen LogP contribution in [-0.2, 0) is 14.6 Å². The summed E-state index contributed by atoms with van der Waals surface area (Å²) >= 11 is 13.5. The lowest BCUT2D eigenvalue weighted by atomic mass is 10.0. The van der Waals surface area contributed by atoms with Crippen LogP contribution in [0.2, 0.25) is 10.0 Å². The van der Waals surface area contributed by atoms with Crippen molar-refractivity contribution in [1.29, 1.82) is 0 Å². The van der Waals surface area contributed by atoms with E-state index in [0.29, 0.717) is 25.8 Å². The highest BCUT2D eigenvalue weighted by Crippen LogP contribution is 2.47. The Hall–Kier alpha value is -2.00. The maximum absolute atomic E-state index is 12.4. The lowest BCUT2D eigenvalue weighted by Gasteiger charge is -2.11. The molecule has 3 heterocycles. The van der Waals surface area contributed by atoms with Crippen LogP contribution in [0.5, 0.6) is 0 Å². The van der Waals surface area contributed by atoms with E-state index < -0.39 is 21.7 Å². The minimum absolute atomic E-state index is 0.0399. The molecule has 1 atom stereocenters. The summed E-state index contributed by atoms with van der Waals surface area (Å²) in [5.74, 6) is -1.33. The standard InChI is InChI=1S/C19H14Cl2N2O4S2/c1-29(26,27)19-16-14(4-6-22-19)23-7-5-10(8-15(24)25)17(23)18(16)28-11-2-3-12(20)13(21)9-11/h2-7,9-10H,8H2,1H3,(H,24,25). The minimum Gasteiger partial charge on any atom is -0.481 e. The van der Waals surface area contributed by atoms with Gasteiger partial charge in [0.2, 0.25) is 0 Å². The molecular formula is C19H14Cl2N2O4S2. The van der Waals surface area contributed by atoms with Crippen molar-refractivity contribution in [2.24, 2.45) is 0 Å². The van der Waals surface area contributed by atoms with Crippen LogP contribution in [-0.4, -0.2) is 35.3 Å². The third kappa shape index (κ3) is 3.66. The number of hydrogen-bond donors (Lipinski definition) is 1. The van der Waals surface area contributed by atoms with Crippen molar-refractivity contribution in [2.45, 2.75) is 27.2 Å². The molecule has 0 saturated carbocycles. The molecule has 10 heteroatoms. The van der Waals surface area contributed by atoms with Gasteiger partial charge in [-0.2, -0.15) is 0 Å². The first-order valence-electron chi connectivity index (χ1n) is 8.42. The van der Waals surface area contributed by atoms with E-state index in [1.165, 1.54) is 18.0 Å². The average molecular weight is 469 g/mol. The van der Waals surface area contributed by atoms with E-state index in [0.717, 1.165) is 16.8 Å². The number of nitrogens with zero attached hydrogens (tertiary/aromatic N) is 2. The molecule has 6 nitrogen and oxygen atoms in total. The Labute approximate surface area is 181 Å². The highest BCUT2D eigenvalue weighted by Gasteiger charge is 2.31. The van der Waals surface area contributed by atoms with Gasteiger partial charge in [-0.1, -0.05) is 41.0 Å². The van der Waals surface area contributed by atoms with Gasteiger partial charge in [-0.05, 0) is 24.3 Å². The van der Waals surface area contributed by atoms with Gasteiger partial charge in [0.05, 0.1) is 27.4 Å². The van der Waals surface area contributed by atoms with Gasteiger partial charge in [0.15, 0.2) is 14.9 Å². The van der Waals surface area contributed by atoms with Gasteiger partial charge >= 0.3 is 5.97 Å². The molecule has 0 amide bonds. The molecule has 0 radical (unpaired) electrons. The van der Waals surface area contributed by atoms with Gasteiger partial charge in [-0.25, -0.2) is 13.4 Å². The summed E-state index contributed by atoms with van der Waals surface area (Å²) in [5, 5.41) is 10.5. The first-order chi connectivity index (χ1) is 13.7. The summed E-state index contributed by atoms with van der Waals surface area (Å²) in [7, 11) is -3.61. The summed E-state index contributed by atoms with van der Waals surface area (Å²) in [6.07, 6.45) is 6.02. The highest BCUT2D eigenvalue weighted by atomic mass is 35.5. The highest BCUT2D eigenvalue weighted by molar-refractivity contribution is 7.99. The molecule has 0 fully saturated rings.